The molecule has 0 bridgehead atoms. The molecule has 0 aliphatic heterocycles. The van der Waals surface area contributed by atoms with Crippen molar-refractivity contribution in [2.75, 3.05) is 30.8 Å². The summed E-state index contributed by atoms with van der Waals surface area (Å²) in [6.07, 6.45) is 15.6. The van der Waals surface area contributed by atoms with Crippen molar-refractivity contribution in [2.45, 2.75) is 59.3 Å². The Hall–Kier alpha value is -1.83. The quantitative estimate of drug-likeness (QED) is 0.112. The molecule has 0 radical (unpaired) electrons. The first-order chi connectivity index (χ1) is 20.3. The van der Waals surface area contributed by atoms with Gasteiger partial charge in [-0.05, 0) is 87.1 Å². The average Bonchev–Trinajstić information content (AvgIpc) is 3.05. The molecule has 0 atom stereocenters. The lowest BCUT2D eigenvalue weighted by molar-refractivity contribution is 0.847. The van der Waals surface area contributed by atoms with E-state index in [1.807, 2.05) is 0 Å². The van der Waals surface area contributed by atoms with Crippen LogP contribution >= 0.6 is 23.8 Å². The Bertz CT molecular complexity index is 968. The molecule has 0 spiro atoms. The second-order valence-electron chi connectivity index (χ2n) is 10.5. The Balaban J connectivity index is 0.000000302. The van der Waals surface area contributed by atoms with E-state index in [2.05, 4.69) is 142 Å². The maximum absolute atomic E-state index is 2.31. The maximum Gasteiger partial charge on any atom is -0.0195 e. The topological polar surface area (TPSA) is 0 Å². The molecule has 0 aliphatic rings. The van der Waals surface area contributed by atoms with Crippen LogP contribution in [0.5, 0.6) is 0 Å². The Morgan fingerprint density at radius 1 is 0.341 bits per heavy atom. The average molecular weight is 601 g/mol. The highest BCUT2D eigenvalue weighted by molar-refractivity contribution is 7.76. The highest BCUT2D eigenvalue weighted by Crippen LogP contribution is 2.41. The summed E-state index contributed by atoms with van der Waals surface area (Å²) in [7, 11) is -0.274. The van der Waals surface area contributed by atoms with E-state index in [4.69, 9.17) is 0 Å². The predicted octanol–water partition coefficient (Wildman–Crippen LogP) is 10.1. The molecule has 0 N–H and O–H groups in total. The third-order valence-corrected chi connectivity index (χ3v) is 15.5. The van der Waals surface area contributed by atoms with Crippen molar-refractivity contribution in [2.24, 2.45) is 0 Å². The van der Waals surface area contributed by atoms with Crippen molar-refractivity contribution in [1.29, 1.82) is 0 Å². The summed E-state index contributed by atoms with van der Waals surface area (Å²) >= 11 is 0. The number of benzene rings is 4. The van der Waals surface area contributed by atoms with Gasteiger partial charge in [0.1, 0.15) is 0 Å². The Morgan fingerprint density at radius 2 is 0.585 bits per heavy atom. The molecular weight excluding hydrogens is 549 g/mol. The highest BCUT2D eigenvalue weighted by Gasteiger charge is 2.19. The summed E-state index contributed by atoms with van der Waals surface area (Å²) in [5.74, 6) is 0. The lowest BCUT2D eigenvalue weighted by Gasteiger charge is -2.24. The van der Waals surface area contributed by atoms with Crippen LogP contribution in [0.3, 0.4) is 0 Å². The van der Waals surface area contributed by atoms with Crippen molar-refractivity contribution in [1.82, 2.24) is 0 Å². The van der Waals surface area contributed by atoms with Crippen molar-refractivity contribution < 1.29 is 0 Å². The van der Waals surface area contributed by atoms with Crippen LogP contribution < -0.4 is 21.2 Å². The summed E-state index contributed by atoms with van der Waals surface area (Å²) in [4.78, 5) is 0. The van der Waals surface area contributed by atoms with Gasteiger partial charge >= 0.3 is 0 Å². The zero-order valence-corrected chi connectivity index (χ0v) is 28.4. The van der Waals surface area contributed by atoms with Gasteiger partial charge in [0.05, 0.1) is 0 Å². The Morgan fingerprint density at radius 3 is 0.805 bits per heavy atom. The lowest BCUT2D eigenvalue weighted by atomic mass is 10.4. The minimum Gasteiger partial charge on any atom is -0.107 e. The molecule has 0 saturated heterocycles. The molecule has 4 aromatic carbocycles. The second-order valence-corrected chi connectivity index (χ2v) is 17.9. The second kappa shape index (κ2) is 21.0. The first-order valence-electron chi connectivity index (χ1n) is 15.7. The molecular formula is C38H51P3. The van der Waals surface area contributed by atoms with Crippen LogP contribution in [0, 0.1) is 0 Å². The van der Waals surface area contributed by atoms with Crippen molar-refractivity contribution in [3.05, 3.63) is 121 Å². The number of hydrogen-bond acceptors (Lipinski definition) is 0. The van der Waals surface area contributed by atoms with Crippen LogP contribution in [0.25, 0.3) is 0 Å². The van der Waals surface area contributed by atoms with E-state index >= 15 is 0 Å². The van der Waals surface area contributed by atoms with Gasteiger partial charge in [-0.1, -0.05) is 161 Å². The van der Waals surface area contributed by atoms with Gasteiger partial charge in [-0.3, -0.25) is 0 Å². The molecule has 0 nitrogen and oxygen atoms in total. The van der Waals surface area contributed by atoms with E-state index in [0.29, 0.717) is 7.92 Å². The Labute approximate surface area is 255 Å². The van der Waals surface area contributed by atoms with Crippen molar-refractivity contribution in [3.63, 3.8) is 0 Å². The van der Waals surface area contributed by atoms with E-state index in [-0.39, 0.29) is 15.8 Å². The van der Waals surface area contributed by atoms with E-state index in [9.17, 15) is 0 Å². The first kappa shape index (κ1) is 33.7. The van der Waals surface area contributed by atoms with Crippen LogP contribution in [0.4, 0.5) is 0 Å². The van der Waals surface area contributed by atoms with E-state index in [1.54, 1.807) is 18.5 Å². The predicted molar refractivity (Wildman–Crippen MR) is 194 cm³/mol. The number of hydrogen-bond donors (Lipinski definition) is 0. The first-order valence-corrected chi connectivity index (χ1v) is 20.7. The molecule has 0 amide bonds. The normalized spacial score (nSPS) is 11.1. The monoisotopic (exact) mass is 600 g/mol. The van der Waals surface area contributed by atoms with Gasteiger partial charge in [0.2, 0.25) is 0 Å². The van der Waals surface area contributed by atoms with E-state index in [0.717, 1.165) is 0 Å². The summed E-state index contributed by atoms with van der Waals surface area (Å²) in [5, 5.41) is 5.89. The molecule has 218 valence electrons. The van der Waals surface area contributed by atoms with Gasteiger partial charge in [-0.2, -0.15) is 0 Å². The smallest absolute Gasteiger partial charge is 0.0195 e. The molecule has 0 unspecified atom stereocenters. The summed E-state index contributed by atoms with van der Waals surface area (Å²) in [5.41, 5.74) is 0. The van der Waals surface area contributed by atoms with Gasteiger partial charge in [0, 0.05) is 0 Å². The maximum atomic E-state index is 2.31. The third-order valence-electron chi connectivity index (χ3n) is 7.30. The minimum atomic E-state index is -0.348. The summed E-state index contributed by atoms with van der Waals surface area (Å²) < 4.78 is 0. The van der Waals surface area contributed by atoms with Gasteiger partial charge in [0.25, 0.3) is 0 Å². The molecule has 0 heterocycles. The molecule has 0 aromatic heterocycles. The van der Waals surface area contributed by atoms with Crippen LogP contribution in [-0.2, 0) is 0 Å². The van der Waals surface area contributed by atoms with E-state index < -0.39 is 0 Å². The molecule has 4 rings (SSSR count). The number of unbranched alkanes of at least 4 members (excludes halogenated alkanes) is 3. The minimum absolute atomic E-state index is 0.348. The van der Waals surface area contributed by atoms with E-state index in [1.165, 1.54) is 72.1 Å². The standard InChI is InChI=1S/C26H24P2.C12H27P/c1-5-13-23(14-6-1)27(24-15-7-2-8-16-24)21-22-28(25-17-9-3-10-18-25)26-19-11-4-12-20-26;1-4-7-10-13(11-8-5-2)12-9-6-3/h1-20H,21-22H2;4-12H2,1-3H3. The van der Waals surface area contributed by atoms with Crippen molar-refractivity contribution in [3.8, 4) is 0 Å². The summed E-state index contributed by atoms with van der Waals surface area (Å²) in [6.45, 7) is 6.94. The fraction of sp³-hybridized carbons (Fsp3) is 0.368. The van der Waals surface area contributed by atoms with Crippen LogP contribution in [-0.4, -0.2) is 30.8 Å². The largest absolute Gasteiger partial charge is 0.107 e. The molecule has 41 heavy (non-hydrogen) atoms. The molecule has 0 fully saturated rings. The van der Waals surface area contributed by atoms with Crippen LogP contribution in [0.2, 0.25) is 0 Å². The van der Waals surface area contributed by atoms with Gasteiger partial charge in [0.15, 0.2) is 0 Å². The molecule has 0 aliphatic carbocycles. The van der Waals surface area contributed by atoms with Gasteiger partial charge < -0.3 is 0 Å². The zero-order chi connectivity index (χ0) is 29.0. The SMILES string of the molecule is CCCCP(CCCC)CCCC.c1ccc(P(CCP(c2ccccc2)c2ccccc2)c2ccccc2)cc1. The van der Waals surface area contributed by atoms with Crippen LogP contribution in [0.15, 0.2) is 121 Å². The lowest BCUT2D eigenvalue weighted by Crippen LogP contribution is -2.19. The Kier molecular flexibility index (Phi) is 17.2. The van der Waals surface area contributed by atoms with Gasteiger partial charge in [-0.15, -0.1) is 7.92 Å². The fourth-order valence-electron chi connectivity index (χ4n) is 4.93. The molecule has 3 heteroatoms. The fourth-order valence-corrected chi connectivity index (χ4v) is 13.2. The number of rotatable bonds is 16. The van der Waals surface area contributed by atoms with Crippen molar-refractivity contribution >= 4 is 45.0 Å². The van der Waals surface area contributed by atoms with Gasteiger partial charge in [-0.25, -0.2) is 0 Å². The zero-order valence-electron chi connectivity index (χ0n) is 25.7. The van der Waals surface area contributed by atoms with Crippen LogP contribution in [0.1, 0.15) is 59.3 Å². The molecule has 4 aromatic rings. The molecule has 0 saturated carbocycles. The third kappa shape index (κ3) is 12.5. The summed E-state index contributed by atoms with van der Waals surface area (Å²) in [6, 6.07) is 44.2. The highest BCUT2D eigenvalue weighted by atomic mass is 31.1.